The van der Waals surface area contributed by atoms with E-state index in [1.807, 2.05) is 0 Å². The van der Waals surface area contributed by atoms with Gasteiger partial charge in [0.05, 0.1) is 0 Å². The number of halogens is 2. The second-order valence-electron chi connectivity index (χ2n) is 3.97. The summed E-state index contributed by atoms with van der Waals surface area (Å²) in [6.45, 7) is 3.58. The first kappa shape index (κ1) is 14.4. The number of hydrogen-bond acceptors (Lipinski definition) is 3. The lowest BCUT2D eigenvalue weighted by Crippen LogP contribution is -2.46. The lowest BCUT2D eigenvalue weighted by atomic mass is 10.1. The number of thiophene rings is 1. The Bertz CT molecular complexity index is 470. The van der Waals surface area contributed by atoms with Crippen LogP contribution in [0.4, 0.5) is 0 Å². The number of sulfonamides is 1. The van der Waals surface area contributed by atoms with Crippen LogP contribution in [0.3, 0.4) is 0 Å². The maximum Gasteiger partial charge on any atom is 0.253 e. The van der Waals surface area contributed by atoms with E-state index in [1.165, 1.54) is 15.6 Å². The van der Waals surface area contributed by atoms with Crippen molar-refractivity contribution in [2.45, 2.75) is 23.6 Å². The summed E-state index contributed by atoms with van der Waals surface area (Å²) in [5.74, 6) is 0.242. The molecule has 0 fully saturated rings. The molecule has 3 nitrogen and oxygen atoms in total. The van der Waals surface area contributed by atoms with Crippen LogP contribution in [0, 0.1) is 0 Å². The molecule has 0 unspecified atom stereocenters. The Morgan fingerprint density at radius 2 is 2.12 bits per heavy atom. The minimum Gasteiger partial charge on any atom is -0.206 e. The zero-order chi connectivity index (χ0) is 12.6. The molecule has 16 heavy (non-hydrogen) atoms. The average molecular weight is 347 g/mol. The van der Waals surface area contributed by atoms with Gasteiger partial charge in [-0.3, -0.25) is 0 Å². The Balaban J connectivity index is 3.19. The van der Waals surface area contributed by atoms with E-state index in [4.69, 9.17) is 11.6 Å². The molecule has 0 aromatic carbocycles. The third kappa shape index (κ3) is 2.61. The van der Waals surface area contributed by atoms with Crippen molar-refractivity contribution in [1.82, 2.24) is 4.31 Å². The quantitative estimate of drug-likeness (QED) is 0.785. The van der Waals surface area contributed by atoms with Crippen LogP contribution in [0.5, 0.6) is 0 Å². The van der Waals surface area contributed by atoms with Crippen LogP contribution >= 0.6 is 38.9 Å². The van der Waals surface area contributed by atoms with Gasteiger partial charge in [0.15, 0.2) is 0 Å². The molecule has 0 aliphatic rings. The van der Waals surface area contributed by atoms with E-state index in [9.17, 15) is 8.42 Å². The maximum atomic E-state index is 12.3. The van der Waals surface area contributed by atoms with Crippen LogP contribution < -0.4 is 0 Å². The van der Waals surface area contributed by atoms with Crippen molar-refractivity contribution in [2.24, 2.45) is 0 Å². The Morgan fingerprint density at radius 1 is 1.56 bits per heavy atom. The van der Waals surface area contributed by atoms with E-state index >= 15 is 0 Å². The molecule has 0 radical (unpaired) electrons. The van der Waals surface area contributed by atoms with E-state index in [2.05, 4.69) is 15.9 Å². The summed E-state index contributed by atoms with van der Waals surface area (Å²) in [6, 6.07) is 1.72. The van der Waals surface area contributed by atoms with Crippen molar-refractivity contribution < 1.29 is 8.42 Å². The summed E-state index contributed by atoms with van der Waals surface area (Å²) >= 11 is 10.2. The lowest BCUT2D eigenvalue weighted by Gasteiger charge is -2.32. The fraction of sp³-hybridized carbons (Fsp3) is 0.556. The highest BCUT2D eigenvalue weighted by Gasteiger charge is 2.35. The van der Waals surface area contributed by atoms with Crippen molar-refractivity contribution >= 4 is 48.9 Å². The molecule has 0 aliphatic carbocycles. The van der Waals surface area contributed by atoms with Gasteiger partial charge in [0.25, 0.3) is 10.0 Å². The Hall–Kier alpha value is 0.380. The summed E-state index contributed by atoms with van der Waals surface area (Å²) in [4.78, 5) is 0. The van der Waals surface area contributed by atoms with E-state index in [-0.39, 0.29) is 5.88 Å². The molecular weight excluding hydrogens is 334 g/mol. The molecule has 0 spiro atoms. The van der Waals surface area contributed by atoms with Gasteiger partial charge in [-0.1, -0.05) is 0 Å². The molecule has 1 aromatic heterocycles. The summed E-state index contributed by atoms with van der Waals surface area (Å²) in [6.07, 6.45) is 0. The smallest absolute Gasteiger partial charge is 0.206 e. The van der Waals surface area contributed by atoms with Gasteiger partial charge >= 0.3 is 0 Å². The molecule has 1 rings (SSSR count). The fourth-order valence-electron chi connectivity index (χ4n) is 0.998. The highest BCUT2D eigenvalue weighted by molar-refractivity contribution is 9.10. The monoisotopic (exact) mass is 345 g/mol. The fourth-order valence-corrected chi connectivity index (χ4v) is 5.22. The molecule has 0 saturated carbocycles. The van der Waals surface area contributed by atoms with Gasteiger partial charge in [-0.25, -0.2) is 8.42 Å². The summed E-state index contributed by atoms with van der Waals surface area (Å²) in [5, 5.41) is 1.73. The van der Waals surface area contributed by atoms with E-state index in [0.717, 1.165) is 0 Å². The second kappa shape index (κ2) is 4.94. The molecule has 1 heterocycles. The van der Waals surface area contributed by atoms with Crippen LogP contribution in [-0.2, 0) is 10.0 Å². The van der Waals surface area contributed by atoms with E-state index in [1.54, 1.807) is 32.3 Å². The van der Waals surface area contributed by atoms with Crippen LogP contribution in [0.25, 0.3) is 0 Å². The van der Waals surface area contributed by atoms with Crippen molar-refractivity contribution in [3.05, 3.63) is 15.9 Å². The zero-order valence-corrected chi connectivity index (χ0v) is 13.2. The van der Waals surface area contributed by atoms with Crippen LogP contribution in [0.15, 0.2) is 20.1 Å². The van der Waals surface area contributed by atoms with E-state index in [0.29, 0.717) is 8.68 Å². The number of nitrogens with zero attached hydrogens (tertiary/aromatic N) is 1. The molecule has 0 atom stereocenters. The average Bonchev–Trinajstić information content (AvgIpc) is 2.63. The molecule has 0 saturated heterocycles. The van der Waals surface area contributed by atoms with Crippen molar-refractivity contribution in [3.63, 3.8) is 0 Å². The van der Waals surface area contributed by atoms with Gasteiger partial charge in [0, 0.05) is 22.9 Å². The predicted molar refractivity (Wildman–Crippen MR) is 71.8 cm³/mol. The molecule has 0 aliphatic heterocycles. The molecule has 0 N–H and O–H groups in total. The van der Waals surface area contributed by atoms with Gasteiger partial charge < -0.3 is 0 Å². The van der Waals surface area contributed by atoms with Crippen LogP contribution in [0.1, 0.15) is 13.8 Å². The topological polar surface area (TPSA) is 37.4 Å². The van der Waals surface area contributed by atoms with Crippen molar-refractivity contribution in [1.29, 1.82) is 0 Å². The highest BCUT2D eigenvalue weighted by atomic mass is 79.9. The Kier molecular flexibility index (Phi) is 4.46. The third-order valence-corrected chi connectivity index (χ3v) is 7.73. The lowest BCUT2D eigenvalue weighted by molar-refractivity contribution is 0.296. The normalized spacial score (nSPS) is 13.4. The van der Waals surface area contributed by atoms with Gasteiger partial charge in [-0.2, -0.15) is 4.31 Å². The number of alkyl halides is 1. The summed E-state index contributed by atoms with van der Waals surface area (Å²) in [5.41, 5.74) is -0.607. The molecule has 0 amide bonds. The largest absolute Gasteiger partial charge is 0.253 e. The highest BCUT2D eigenvalue weighted by Crippen LogP contribution is 2.32. The predicted octanol–water partition coefficient (Wildman–Crippen LogP) is 3.15. The zero-order valence-electron chi connectivity index (χ0n) is 9.20. The van der Waals surface area contributed by atoms with Gasteiger partial charge in [0.1, 0.15) is 4.21 Å². The van der Waals surface area contributed by atoms with Gasteiger partial charge in [-0.15, -0.1) is 22.9 Å². The minimum absolute atomic E-state index is 0.242. The molecule has 0 bridgehead atoms. The van der Waals surface area contributed by atoms with Crippen LogP contribution in [-0.4, -0.2) is 31.2 Å². The first-order chi connectivity index (χ1) is 7.23. The second-order valence-corrected chi connectivity index (χ2v) is 8.18. The number of rotatable bonds is 4. The Labute approximate surface area is 114 Å². The molecule has 92 valence electrons. The first-order valence-corrected chi connectivity index (χ1v) is 8.16. The van der Waals surface area contributed by atoms with Crippen molar-refractivity contribution in [3.8, 4) is 0 Å². The SMILES string of the molecule is CN(C(C)(C)CCl)S(=O)(=O)c1sccc1Br. The van der Waals surface area contributed by atoms with Gasteiger partial charge in [-0.05, 0) is 41.2 Å². The van der Waals surface area contributed by atoms with E-state index < -0.39 is 15.6 Å². The van der Waals surface area contributed by atoms with Crippen LogP contribution in [0.2, 0.25) is 0 Å². The molecule has 1 aromatic rings. The summed E-state index contributed by atoms with van der Waals surface area (Å²) < 4.78 is 26.7. The minimum atomic E-state index is -3.48. The number of hydrogen-bond donors (Lipinski definition) is 0. The summed E-state index contributed by atoms with van der Waals surface area (Å²) in [7, 11) is -1.93. The third-order valence-electron chi connectivity index (χ3n) is 2.36. The van der Waals surface area contributed by atoms with Crippen molar-refractivity contribution in [2.75, 3.05) is 12.9 Å². The standard InChI is InChI=1S/C9H13BrClNO2S2/c1-9(2,6-11)12(3)16(13,14)8-7(10)4-5-15-8/h4-5H,6H2,1-3H3. The first-order valence-electron chi connectivity index (χ1n) is 4.51. The molecular formula is C9H13BrClNO2S2. The molecule has 7 heteroatoms. The maximum absolute atomic E-state index is 12.3. The Morgan fingerprint density at radius 3 is 2.50 bits per heavy atom. The van der Waals surface area contributed by atoms with Gasteiger partial charge in [0.2, 0.25) is 0 Å².